The van der Waals surface area contributed by atoms with Crippen molar-refractivity contribution in [3.8, 4) is 0 Å². The minimum Gasteiger partial charge on any atom is -0.397 e. The van der Waals surface area contributed by atoms with Crippen LogP contribution in [0.3, 0.4) is 0 Å². The number of piperidine rings is 1. The van der Waals surface area contributed by atoms with Crippen LogP contribution in [0.5, 0.6) is 0 Å². The number of nitrogens with two attached hydrogens (primary N) is 2. The van der Waals surface area contributed by atoms with Gasteiger partial charge in [0.2, 0.25) is 0 Å². The summed E-state index contributed by atoms with van der Waals surface area (Å²) in [7, 11) is 1.51. The molecule has 2 amide bonds. The molecule has 0 radical (unpaired) electrons. The maximum Gasteiger partial charge on any atom is 0.260 e. The van der Waals surface area contributed by atoms with Crippen LogP contribution in [-0.4, -0.2) is 43.7 Å². The molecule has 2 heterocycles. The van der Waals surface area contributed by atoms with Gasteiger partial charge in [0.15, 0.2) is 0 Å². The Morgan fingerprint density at radius 1 is 1.52 bits per heavy atom. The maximum absolute atomic E-state index is 12.1. The van der Waals surface area contributed by atoms with E-state index >= 15 is 0 Å². The van der Waals surface area contributed by atoms with Gasteiger partial charge in [0.05, 0.1) is 11.3 Å². The normalized spacial score (nSPS) is 18.6. The molecule has 0 saturated carbocycles. The van der Waals surface area contributed by atoms with E-state index in [-0.39, 0.29) is 29.0 Å². The van der Waals surface area contributed by atoms with E-state index in [2.05, 4.69) is 5.32 Å². The molecule has 21 heavy (non-hydrogen) atoms. The number of aliphatic hydroxyl groups is 1. The van der Waals surface area contributed by atoms with E-state index in [1.807, 2.05) is 4.90 Å². The molecule has 6 N–H and O–H groups in total. The number of nitrogen functional groups attached to an aromatic ring is 1. The molecule has 0 spiro atoms. The number of primary amides is 1. The highest BCUT2D eigenvalue weighted by Gasteiger charge is 2.29. The predicted molar refractivity (Wildman–Crippen MR) is 82.7 cm³/mol. The van der Waals surface area contributed by atoms with Crippen LogP contribution in [0.4, 0.5) is 10.7 Å². The fraction of sp³-hybridized carbons (Fsp3) is 0.538. The van der Waals surface area contributed by atoms with Gasteiger partial charge in [0, 0.05) is 26.7 Å². The number of carbonyl (C=O) groups is 2. The quantitative estimate of drug-likeness (QED) is 0.623. The fourth-order valence-electron chi connectivity index (χ4n) is 2.58. The molecule has 1 fully saturated rings. The highest BCUT2D eigenvalue weighted by Crippen LogP contribution is 2.39. The monoisotopic (exact) mass is 312 g/mol. The van der Waals surface area contributed by atoms with Crippen molar-refractivity contribution in [3.05, 3.63) is 10.4 Å². The molecule has 0 aromatic carbocycles. The Balaban J connectivity index is 2.44. The smallest absolute Gasteiger partial charge is 0.260 e. The Kier molecular flexibility index (Phi) is 4.69. The minimum absolute atomic E-state index is 0.106. The highest BCUT2D eigenvalue weighted by atomic mass is 32.1. The highest BCUT2D eigenvalue weighted by molar-refractivity contribution is 7.19. The number of nitrogens with one attached hydrogen (secondary N) is 1. The molecule has 7 nitrogen and oxygen atoms in total. The van der Waals surface area contributed by atoms with Gasteiger partial charge in [0.25, 0.3) is 11.8 Å². The van der Waals surface area contributed by atoms with E-state index in [1.165, 1.54) is 7.05 Å². The van der Waals surface area contributed by atoms with Gasteiger partial charge >= 0.3 is 0 Å². The fourth-order valence-corrected chi connectivity index (χ4v) is 3.69. The topological polar surface area (TPSA) is 122 Å². The molecule has 1 atom stereocenters. The summed E-state index contributed by atoms with van der Waals surface area (Å²) in [4.78, 5) is 25.7. The van der Waals surface area contributed by atoms with Crippen molar-refractivity contribution in [1.82, 2.24) is 5.32 Å². The van der Waals surface area contributed by atoms with E-state index in [0.29, 0.717) is 17.1 Å². The summed E-state index contributed by atoms with van der Waals surface area (Å²) in [6, 6.07) is 0. The van der Waals surface area contributed by atoms with Crippen LogP contribution in [-0.2, 0) is 0 Å². The number of thiophene rings is 1. The van der Waals surface area contributed by atoms with Gasteiger partial charge in [-0.05, 0) is 18.8 Å². The number of rotatable bonds is 4. The first kappa shape index (κ1) is 15.6. The number of amides is 2. The molecular formula is C13H20N4O3S. The van der Waals surface area contributed by atoms with Crippen LogP contribution in [0.1, 0.15) is 32.9 Å². The summed E-state index contributed by atoms with van der Waals surface area (Å²) in [5.41, 5.74) is 11.7. The van der Waals surface area contributed by atoms with Crippen molar-refractivity contribution in [2.24, 2.45) is 11.7 Å². The van der Waals surface area contributed by atoms with Crippen LogP contribution in [0, 0.1) is 5.92 Å². The van der Waals surface area contributed by atoms with Crippen molar-refractivity contribution < 1.29 is 14.7 Å². The van der Waals surface area contributed by atoms with E-state index in [0.717, 1.165) is 30.7 Å². The number of carbonyl (C=O) groups excluding carboxylic acids is 2. The van der Waals surface area contributed by atoms with Crippen LogP contribution in [0.25, 0.3) is 0 Å². The third-order valence-electron chi connectivity index (χ3n) is 3.67. The Morgan fingerprint density at radius 2 is 2.24 bits per heavy atom. The Hall–Kier alpha value is -1.80. The van der Waals surface area contributed by atoms with Gasteiger partial charge in [-0.15, -0.1) is 11.3 Å². The lowest BCUT2D eigenvalue weighted by molar-refractivity contribution is 0.0964. The second kappa shape index (κ2) is 6.31. The second-order valence-electron chi connectivity index (χ2n) is 5.11. The Morgan fingerprint density at radius 3 is 2.81 bits per heavy atom. The van der Waals surface area contributed by atoms with Crippen molar-refractivity contribution in [1.29, 1.82) is 0 Å². The summed E-state index contributed by atoms with van der Waals surface area (Å²) in [5, 5.41) is 12.5. The number of aliphatic hydroxyl groups excluding tert-OH is 1. The molecule has 1 unspecified atom stereocenters. The number of hydrogen-bond donors (Lipinski definition) is 4. The lowest BCUT2D eigenvalue weighted by atomic mass is 9.99. The summed E-state index contributed by atoms with van der Waals surface area (Å²) < 4.78 is 0. The summed E-state index contributed by atoms with van der Waals surface area (Å²) in [6.07, 6.45) is 1.87. The molecule has 1 aliphatic rings. The third kappa shape index (κ3) is 2.96. The Bertz CT molecular complexity index is 558. The van der Waals surface area contributed by atoms with Crippen molar-refractivity contribution in [2.45, 2.75) is 12.8 Å². The van der Waals surface area contributed by atoms with Gasteiger partial charge in [-0.25, -0.2) is 0 Å². The number of nitrogens with zero attached hydrogens (tertiary/aromatic N) is 1. The predicted octanol–water partition coefficient (Wildman–Crippen LogP) is -0.00250. The summed E-state index contributed by atoms with van der Waals surface area (Å²) in [6.45, 7) is 1.51. The third-order valence-corrected chi connectivity index (χ3v) is 4.95. The van der Waals surface area contributed by atoms with Gasteiger partial charge in [-0.3, -0.25) is 9.59 Å². The molecule has 2 rings (SSSR count). The molecule has 0 bridgehead atoms. The van der Waals surface area contributed by atoms with Crippen LogP contribution in [0.15, 0.2) is 0 Å². The zero-order valence-corrected chi connectivity index (χ0v) is 12.7. The number of anilines is 2. The van der Waals surface area contributed by atoms with Gasteiger partial charge in [-0.1, -0.05) is 0 Å². The molecule has 1 aliphatic heterocycles. The molecule has 1 aromatic heterocycles. The minimum atomic E-state index is -0.635. The summed E-state index contributed by atoms with van der Waals surface area (Å²) in [5.74, 6) is -0.807. The maximum atomic E-state index is 12.1. The first-order valence-corrected chi connectivity index (χ1v) is 7.61. The average molecular weight is 312 g/mol. The lowest BCUT2D eigenvalue weighted by Gasteiger charge is -2.33. The molecular weight excluding hydrogens is 292 g/mol. The van der Waals surface area contributed by atoms with E-state index in [4.69, 9.17) is 11.5 Å². The van der Waals surface area contributed by atoms with Crippen molar-refractivity contribution in [3.63, 3.8) is 0 Å². The lowest BCUT2D eigenvalue weighted by Crippen LogP contribution is -2.37. The zero-order valence-electron chi connectivity index (χ0n) is 11.9. The van der Waals surface area contributed by atoms with E-state index < -0.39 is 5.91 Å². The Labute approximate surface area is 126 Å². The molecule has 8 heteroatoms. The number of hydrogen-bond acceptors (Lipinski definition) is 6. The van der Waals surface area contributed by atoms with Crippen molar-refractivity contribution >= 4 is 33.8 Å². The molecule has 0 aliphatic carbocycles. The standard InChI is InChI=1S/C13H20N4O3S/c1-16-12(20)8-9(14)10(11(15)19)21-13(8)17-4-2-3-7(5-17)6-18/h7,18H,2-6,14H2,1H3,(H2,15,19)(H,16,20). The van der Waals surface area contributed by atoms with Crippen LogP contribution >= 0.6 is 11.3 Å². The SMILES string of the molecule is CNC(=O)c1c(N2CCCC(CO)C2)sc(C(N)=O)c1N. The molecule has 1 saturated heterocycles. The average Bonchev–Trinajstić information content (AvgIpc) is 2.84. The van der Waals surface area contributed by atoms with Gasteiger partial charge in [0.1, 0.15) is 9.88 Å². The first-order valence-electron chi connectivity index (χ1n) is 6.79. The first-order chi connectivity index (χ1) is 9.99. The van der Waals surface area contributed by atoms with E-state index in [1.54, 1.807) is 0 Å². The zero-order chi connectivity index (χ0) is 15.6. The van der Waals surface area contributed by atoms with Crippen molar-refractivity contribution in [2.75, 3.05) is 37.4 Å². The van der Waals surface area contributed by atoms with Gasteiger partial charge in [-0.2, -0.15) is 0 Å². The largest absolute Gasteiger partial charge is 0.397 e. The molecule has 116 valence electrons. The van der Waals surface area contributed by atoms with Crippen LogP contribution in [0.2, 0.25) is 0 Å². The summed E-state index contributed by atoms with van der Waals surface area (Å²) >= 11 is 1.14. The van der Waals surface area contributed by atoms with E-state index in [9.17, 15) is 14.7 Å². The molecule has 1 aromatic rings. The van der Waals surface area contributed by atoms with Gasteiger partial charge < -0.3 is 26.8 Å². The second-order valence-corrected chi connectivity index (χ2v) is 6.10. The van der Waals surface area contributed by atoms with Crippen LogP contribution < -0.4 is 21.7 Å².